The summed E-state index contributed by atoms with van der Waals surface area (Å²) in [5.74, 6) is -2.82. The molecule has 0 saturated carbocycles. The number of amides is 1. The van der Waals surface area contributed by atoms with Gasteiger partial charge in [-0.05, 0) is 19.1 Å². The topological polar surface area (TPSA) is 122 Å². The van der Waals surface area contributed by atoms with E-state index >= 15 is 0 Å². The first-order chi connectivity index (χ1) is 12.8. The highest BCUT2D eigenvalue weighted by Crippen LogP contribution is 2.27. The van der Waals surface area contributed by atoms with Gasteiger partial charge in [-0.2, -0.15) is 0 Å². The number of benzene rings is 1. The number of fused-ring (bicyclic) bond motifs is 1. The van der Waals surface area contributed by atoms with Crippen LogP contribution >= 0.6 is 0 Å². The van der Waals surface area contributed by atoms with Gasteiger partial charge in [0.25, 0.3) is 11.5 Å². The molecule has 0 fully saturated rings. The number of carboxylic acid groups (broad SMARTS) is 1. The number of pyridine rings is 2. The van der Waals surface area contributed by atoms with Crippen molar-refractivity contribution in [3.8, 4) is 17.0 Å². The zero-order valence-corrected chi connectivity index (χ0v) is 14.6. The monoisotopic (exact) mass is 367 g/mol. The number of carbonyl (C=O) groups is 2. The highest BCUT2D eigenvalue weighted by Gasteiger charge is 2.25. The summed E-state index contributed by atoms with van der Waals surface area (Å²) in [6.07, 6.45) is 0. The number of aryl methyl sites for hydroxylation is 1. The molecule has 138 valence electrons. The normalized spacial score (nSPS) is 11.9. The van der Waals surface area contributed by atoms with E-state index < -0.39 is 34.8 Å². The third kappa shape index (κ3) is 3.24. The number of carbonyl (C=O) groups excluding carboxylic acids is 1. The highest BCUT2D eigenvalue weighted by atomic mass is 16.4. The van der Waals surface area contributed by atoms with E-state index in [-0.39, 0.29) is 5.52 Å². The molecule has 0 saturated heterocycles. The van der Waals surface area contributed by atoms with Crippen LogP contribution in [0.1, 0.15) is 17.3 Å². The average Bonchev–Trinajstić information content (AvgIpc) is 2.66. The summed E-state index contributed by atoms with van der Waals surface area (Å²) in [5.41, 5.74) is 0.493. The Morgan fingerprint density at radius 3 is 2.44 bits per heavy atom. The van der Waals surface area contributed by atoms with Crippen molar-refractivity contribution in [2.75, 3.05) is 0 Å². The summed E-state index contributed by atoms with van der Waals surface area (Å²) in [6, 6.07) is 11.3. The number of nitrogens with zero attached hydrogens (tertiary/aromatic N) is 2. The fraction of sp³-hybridized carbons (Fsp3) is 0.158. The van der Waals surface area contributed by atoms with Crippen LogP contribution < -0.4 is 10.9 Å². The van der Waals surface area contributed by atoms with Gasteiger partial charge in [0.2, 0.25) is 0 Å². The Kier molecular flexibility index (Phi) is 4.64. The van der Waals surface area contributed by atoms with Crippen molar-refractivity contribution >= 4 is 22.9 Å². The highest BCUT2D eigenvalue weighted by molar-refractivity contribution is 6.02. The summed E-state index contributed by atoms with van der Waals surface area (Å²) in [6.45, 7) is 1.26. The van der Waals surface area contributed by atoms with Gasteiger partial charge in [0.05, 0.1) is 11.2 Å². The van der Waals surface area contributed by atoms with Crippen LogP contribution in [0.15, 0.2) is 47.3 Å². The second-order valence-corrected chi connectivity index (χ2v) is 6.05. The molecular weight excluding hydrogens is 350 g/mol. The molecule has 27 heavy (non-hydrogen) atoms. The van der Waals surface area contributed by atoms with Crippen molar-refractivity contribution in [1.29, 1.82) is 0 Å². The number of hydrogen-bond donors (Lipinski definition) is 3. The number of carboxylic acids is 1. The zero-order chi connectivity index (χ0) is 19.7. The Balaban J connectivity index is 2.19. The Bertz CT molecular complexity index is 1110. The SMILES string of the molecule is CC(NC(=O)c1c(O)c2nc(-c3ccccc3)ccc2n(C)c1=O)C(=O)O. The molecule has 1 atom stereocenters. The summed E-state index contributed by atoms with van der Waals surface area (Å²) in [4.78, 5) is 40.2. The van der Waals surface area contributed by atoms with Gasteiger partial charge in [-0.15, -0.1) is 0 Å². The molecule has 1 aromatic carbocycles. The van der Waals surface area contributed by atoms with Gasteiger partial charge >= 0.3 is 5.97 Å². The van der Waals surface area contributed by atoms with Crippen LogP contribution in [-0.4, -0.2) is 37.7 Å². The van der Waals surface area contributed by atoms with E-state index in [2.05, 4.69) is 10.3 Å². The molecule has 3 aromatic rings. The first kappa shape index (κ1) is 18.1. The first-order valence-corrected chi connectivity index (χ1v) is 8.13. The molecule has 0 radical (unpaired) electrons. The number of nitrogens with one attached hydrogen (secondary N) is 1. The molecule has 8 heteroatoms. The molecule has 0 aliphatic rings. The van der Waals surface area contributed by atoms with E-state index in [9.17, 15) is 19.5 Å². The molecule has 1 amide bonds. The summed E-state index contributed by atoms with van der Waals surface area (Å²) < 4.78 is 1.19. The first-order valence-electron chi connectivity index (χ1n) is 8.13. The standard InChI is InChI=1S/C19H17N3O5/c1-10(19(26)27)20-17(24)14-16(23)15-13(22(2)18(14)25)9-8-12(21-15)11-6-4-3-5-7-11/h3-10,23H,1-2H3,(H,20,24)(H,26,27). The number of aliphatic carboxylic acids is 1. The molecule has 3 N–H and O–H groups in total. The predicted octanol–water partition coefficient (Wildman–Crippen LogP) is 1.51. The van der Waals surface area contributed by atoms with Gasteiger partial charge in [-0.3, -0.25) is 14.4 Å². The van der Waals surface area contributed by atoms with Crippen molar-refractivity contribution in [1.82, 2.24) is 14.9 Å². The quantitative estimate of drug-likeness (QED) is 0.643. The lowest BCUT2D eigenvalue weighted by Gasteiger charge is -2.14. The second kappa shape index (κ2) is 6.91. The minimum atomic E-state index is -1.26. The summed E-state index contributed by atoms with van der Waals surface area (Å²) in [5, 5.41) is 21.7. The van der Waals surface area contributed by atoms with Crippen LogP contribution in [0.5, 0.6) is 5.75 Å². The molecule has 3 rings (SSSR count). The Hall–Kier alpha value is -3.68. The largest absolute Gasteiger partial charge is 0.505 e. The molecule has 1 unspecified atom stereocenters. The van der Waals surface area contributed by atoms with E-state index in [1.54, 1.807) is 12.1 Å². The zero-order valence-electron chi connectivity index (χ0n) is 14.6. The summed E-state index contributed by atoms with van der Waals surface area (Å²) in [7, 11) is 1.45. The van der Waals surface area contributed by atoms with Gasteiger partial charge in [0.1, 0.15) is 17.1 Å². The van der Waals surface area contributed by atoms with Crippen molar-refractivity contribution in [3.05, 3.63) is 58.4 Å². The number of rotatable bonds is 4. The van der Waals surface area contributed by atoms with Gasteiger partial charge in [0, 0.05) is 12.6 Å². The van der Waals surface area contributed by atoms with Crippen LogP contribution in [0.2, 0.25) is 0 Å². The van der Waals surface area contributed by atoms with Gasteiger partial charge in [-0.1, -0.05) is 30.3 Å². The minimum absolute atomic E-state index is 0.0755. The third-order valence-electron chi connectivity index (χ3n) is 4.23. The second-order valence-electron chi connectivity index (χ2n) is 6.05. The van der Waals surface area contributed by atoms with Gasteiger partial charge < -0.3 is 20.1 Å². The van der Waals surface area contributed by atoms with E-state index in [4.69, 9.17) is 5.11 Å². The maximum absolute atomic E-state index is 12.5. The van der Waals surface area contributed by atoms with E-state index in [0.29, 0.717) is 11.2 Å². The maximum atomic E-state index is 12.5. The smallest absolute Gasteiger partial charge is 0.325 e. The van der Waals surface area contributed by atoms with Crippen LogP contribution in [0.25, 0.3) is 22.3 Å². The molecule has 8 nitrogen and oxygen atoms in total. The van der Waals surface area contributed by atoms with Crippen LogP contribution in [-0.2, 0) is 11.8 Å². The predicted molar refractivity (Wildman–Crippen MR) is 98.6 cm³/mol. The van der Waals surface area contributed by atoms with Crippen LogP contribution in [0, 0.1) is 0 Å². The van der Waals surface area contributed by atoms with Crippen molar-refractivity contribution in [2.24, 2.45) is 7.05 Å². The fourth-order valence-electron chi connectivity index (χ4n) is 2.70. The molecule has 2 aromatic heterocycles. The van der Waals surface area contributed by atoms with Crippen LogP contribution in [0.4, 0.5) is 0 Å². The lowest BCUT2D eigenvalue weighted by molar-refractivity contribution is -0.138. The Morgan fingerprint density at radius 1 is 1.15 bits per heavy atom. The molecular formula is C19H17N3O5. The van der Waals surface area contributed by atoms with Crippen molar-refractivity contribution in [2.45, 2.75) is 13.0 Å². The number of aromatic hydroxyl groups is 1. The van der Waals surface area contributed by atoms with E-state index in [0.717, 1.165) is 5.56 Å². The van der Waals surface area contributed by atoms with E-state index in [1.165, 1.54) is 18.5 Å². The molecule has 2 heterocycles. The maximum Gasteiger partial charge on any atom is 0.325 e. The number of aromatic nitrogens is 2. The number of hydrogen-bond acceptors (Lipinski definition) is 5. The Morgan fingerprint density at radius 2 is 1.81 bits per heavy atom. The van der Waals surface area contributed by atoms with Crippen LogP contribution in [0.3, 0.4) is 0 Å². The summed E-state index contributed by atoms with van der Waals surface area (Å²) >= 11 is 0. The molecule has 0 aliphatic heterocycles. The van der Waals surface area contributed by atoms with Crippen molar-refractivity contribution < 1.29 is 19.8 Å². The molecule has 0 bridgehead atoms. The molecule has 0 spiro atoms. The van der Waals surface area contributed by atoms with Crippen molar-refractivity contribution in [3.63, 3.8) is 0 Å². The Labute approximate surface area is 153 Å². The fourth-order valence-corrected chi connectivity index (χ4v) is 2.70. The molecule has 0 aliphatic carbocycles. The van der Waals surface area contributed by atoms with Gasteiger partial charge in [-0.25, -0.2) is 4.98 Å². The lowest BCUT2D eigenvalue weighted by Crippen LogP contribution is -2.41. The van der Waals surface area contributed by atoms with E-state index in [1.807, 2.05) is 30.3 Å². The third-order valence-corrected chi connectivity index (χ3v) is 4.23. The lowest BCUT2D eigenvalue weighted by atomic mass is 10.1. The minimum Gasteiger partial charge on any atom is -0.505 e. The average molecular weight is 367 g/mol. The van der Waals surface area contributed by atoms with Gasteiger partial charge in [0.15, 0.2) is 5.75 Å².